The van der Waals surface area contributed by atoms with Gasteiger partial charge in [-0.1, -0.05) is 26.0 Å². The molecule has 1 amide bonds. The molecule has 0 aliphatic carbocycles. The van der Waals surface area contributed by atoms with E-state index in [0.717, 1.165) is 11.3 Å². The van der Waals surface area contributed by atoms with Crippen molar-refractivity contribution in [3.63, 3.8) is 0 Å². The Morgan fingerprint density at radius 1 is 1.11 bits per heavy atom. The van der Waals surface area contributed by atoms with Gasteiger partial charge < -0.3 is 10.6 Å². The maximum Gasteiger partial charge on any atom is 0.262 e. The van der Waals surface area contributed by atoms with Crippen molar-refractivity contribution in [1.29, 1.82) is 0 Å². The highest BCUT2D eigenvalue weighted by Gasteiger charge is 2.21. The Balaban J connectivity index is 1.94. The number of aromatic nitrogens is 3. The zero-order chi connectivity index (χ0) is 20.1. The first kappa shape index (κ1) is 19.8. The molecule has 0 aliphatic heterocycles. The fourth-order valence-corrected chi connectivity index (χ4v) is 3.31. The van der Waals surface area contributed by atoms with Crippen molar-refractivity contribution in [2.75, 3.05) is 23.9 Å². The smallest absolute Gasteiger partial charge is 0.262 e. The molecule has 2 N–H and O–H groups in total. The van der Waals surface area contributed by atoms with Gasteiger partial charge in [-0.3, -0.25) is 9.78 Å². The minimum Gasteiger partial charge on any atom is -0.372 e. The van der Waals surface area contributed by atoms with Gasteiger partial charge in [0.25, 0.3) is 5.91 Å². The molecule has 144 valence electrons. The summed E-state index contributed by atoms with van der Waals surface area (Å²) in [5.41, 5.74) is 3.18. The average Bonchev–Trinajstić information content (AvgIpc) is 2.73. The predicted molar refractivity (Wildman–Crippen MR) is 115 cm³/mol. The fourth-order valence-electron chi connectivity index (χ4n) is 2.74. The van der Waals surface area contributed by atoms with Gasteiger partial charge in [0.2, 0.25) is 0 Å². The van der Waals surface area contributed by atoms with Gasteiger partial charge in [-0.05, 0) is 42.0 Å². The summed E-state index contributed by atoms with van der Waals surface area (Å²) in [6.07, 6.45) is 5.29. The number of carbonyl (C=O) groups excluding carboxylic acids is 1. The minimum atomic E-state index is -0.247. The van der Waals surface area contributed by atoms with Gasteiger partial charge in [0.15, 0.2) is 5.82 Å². The summed E-state index contributed by atoms with van der Waals surface area (Å²) < 4.78 is 0. The molecule has 0 radical (unpaired) electrons. The average molecular weight is 394 g/mol. The van der Waals surface area contributed by atoms with E-state index in [0.29, 0.717) is 28.1 Å². The van der Waals surface area contributed by atoms with Gasteiger partial charge >= 0.3 is 0 Å². The Morgan fingerprint density at radius 3 is 2.43 bits per heavy atom. The molecule has 6 nitrogen and oxygen atoms in total. The lowest BCUT2D eigenvalue weighted by Crippen LogP contribution is -2.17. The lowest BCUT2D eigenvalue weighted by molar-refractivity contribution is 0.102. The molecule has 0 bridgehead atoms. The number of amides is 1. The summed E-state index contributed by atoms with van der Waals surface area (Å²) in [4.78, 5) is 26.2. The van der Waals surface area contributed by atoms with E-state index in [4.69, 9.17) is 0 Å². The summed E-state index contributed by atoms with van der Waals surface area (Å²) in [6.45, 7) is 4.28. The molecular weight excluding hydrogens is 370 g/mol. The van der Waals surface area contributed by atoms with Crippen LogP contribution in [0.25, 0.3) is 11.4 Å². The lowest BCUT2D eigenvalue weighted by Gasteiger charge is -2.14. The predicted octanol–water partition coefficient (Wildman–Crippen LogP) is 4.68. The Bertz CT molecular complexity index is 933. The van der Waals surface area contributed by atoms with E-state index in [-0.39, 0.29) is 5.91 Å². The number of anilines is 2. The Labute approximate surface area is 169 Å². The second kappa shape index (κ2) is 8.84. The zero-order valence-corrected chi connectivity index (χ0v) is 17.2. The van der Waals surface area contributed by atoms with E-state index in [9.17, 15) is 4.79 Å². The van der Waals surface area contributed by atoms with Crippen LogP contribution in [0.3, 0.4) is 0 Å². The summed E-state index contributed by atoms with van der Waals surface area (Å²) in [5.74, 6) is 1.20. The second-order valence-electron chi connectivity index (χ2n) is 6.50. The maximum atomic E-state index is 13.0. The Morgan fingerprint density at radius 2 is 1.86 bits per heavy atom. The van der Waals surface area contributed by atoms with Gasteiger partial charge in [-0.2, -0.15) is 0 Å². The van der Waals surface area contributed by atoms with Crippen LogP contribution in [0, 0.1) is 0 Å². The van der Waals surface area contributed by atoms with E-state index in [1.165, 1.54) is 17.3 Å². The van der Waals surface area contributed by atoms with Gasteiger partial charge in [0.05, 0.1) is 0 Å². The number of nitrogens with one attached hydrogen (secondary N) is 2. The number of benzene rings is 1. The van der Waals surface area contributed by atoms with E-state index in [1.807, 2.05) is 42.7 Å². The number of pyridine rings is 1. The molecule has 2 heterocycles. The topological polar surface area (TPSA) is 79.8 Å². The number of rotatable bonds is 6. The van der Waals surface area contributed by atoms with E-state index >= 15 is 0 Å². The molecule has 0 aliphatic rings. The molecule has 0 atom stereocenters. The first-order valence-electron chi connectivity index (χ1n) is 8.99. The van der Waals surface area contributed by atoms with Crippen LogP contribution in [0.2, 0.25) is 0 Å². The van der Waals surface area contributed by atoms with Crippen molar-refractivity contribution >= 4 is 29.2 Å². The van der Waals surface area contributed by atoms with Crippen molar-refractivity contribution < 1.29 is 4.79 Å². The van der Waals surface area contributed by atoms with Crippen LogP contribution < -0.4 is 10.6 Å². The van der Waals surface area contributed by atoms with Gasteiger partial charge in [0, 0.05) is 30.7 Å². The van der Waals surface area contributed by atoms with Crippen LogP contribution >= 0.6 is 11.8 Å². The highest BCUT2D eigenvalue weighted by molar-refractivity contribution is 7.98. The van der Waals surface area contributed by atoms with Crippen molar-refractivity contribution in [1.82, 2.24) is 15.0 Å². The van der Waals surface area contributed by atoms with E-state index in [1.54, 1.807) is 19.4 Å². The molecule has 7 heteroatoms. The lowest BCUT2D eigenvalue weighted by atomic mass is 10.0. The van der Waals surface area contributed by atoms with Crippen LogP contribution in [0.15, 0.2) is 53.8 Å². The molecule has 0 fully saturated rings. The zero-order valence-electron chi connectivity index (χ0n) is 16.4. The molecular formula is C21H23N5OS. The summed E-state index contributed by atoms with van der Waals surface area (Å²) >= 11 is 1.41. The van der Waals surface area contributed by atoms with Crippen molar-refractivity contribution in [2.45, 2.75) is 24.8 Å². The number of nitrogens with zero attached hydrogens (tertiary/aromatic N) is 3. The monoisotopic (exact) mass is 393 g/mol. The highest BCUT2D eigenvalue weighted by Crippen LogP contribution is 2.28. The third kappa shape index (κ3) is 4.31. The number of hydrogen-bond acceptors (Lipinski definition) is 6. The molecule has 28 heavy (non-hydrogen) atoms. The number of thioether (sulfide) groups is 1. The quantitative estimate of drug-likeness (QED) is 0.468. The maximum absolute atomic E-state index is 13.0. The second-order valence-corrected chi connectivity index (χ2v) is 7.30. The van der Waals surface area contributed by atoms with Gasteiger partial charge in [-0.15, -0.1) is 11.8 Å². The molecule has 1 aromatic carbocycles. The summed E-state index contributed by atoms with van der Waals surface area (Å²) in [6, 6.07) is 11.6. The Kier molecular flexibility index (Phi) is 6.26. The SMILES string of the molecule is CNc1nc(-c2cccnc2)nc(SC)c1C(=O)Nc1ccc(C(C)C)cc1. The largest absolute Gasteiger partial charge is 0.372 e. The van der Waals surface area contributed by atoms with Crippen LogP contribution in [0.5, 0.6) is 0 Å². The van der Waals surface area contributed by atoms with Gasteiger partial charge in [0.1, 0.15) is 16.4 Å². The highest BCUT2D eigenvalue weighted by atomic mass is 32.2. The van der Waals surface area contributed by atoms with E-state index < -0.39 is 0 Å². The molecule has 3 aromatic rings. The van der Waals surface area contributed by atoms with Crippen LogP contribution in [0.4, 0.5) is 11.5 Å². The normalized spacial score (nSPS) is 10.8. The van der Waals surface area contributed by atoms with Crippen LogP contribution in [-0.4, -0.2) is 34.2 Å². The Hall–Kier alpha value is -2.93. The first-order valence-corrected chi connectivity index (χ1v) is 10.2. The molecule has 3 rings (SSSR count). The van der Waals surface area contributed by atoms with Crippen molar-refractivity contribution in [3.8, 4) is 11.4 Å². The number of hydrogen-bond donors (Lipinski definition) is 2. The fraction of sp³-hybridized carbons (Fsp3) is 0.238. The summed E-state index contributed by atoms with van der Waals surface area (Å²) in [7, 11) is 1.74. The van der Waals surface area contributed by atoms with Crippen molar-refractivity contribution in [2.24, 2.45) is 0 Å². The van der Waals surface area contributed by atoms with Crippen molar-refractivity contribution in [3.05, 3.63) is 59.9 Å². The molecule has 0 spiro atoms. The third-order valence-electron chi connectivity index (χ3n) is 4.29. The molecule has 0 saturated heterocycles. The number of carbonyl (C=O) groups is 1. The standard InChI is InChI=1S/C21H23N5OS/c1-13(2)14-7-9-16(10-8-14)24-20(27)17-19(22-3)25-18(26-21(17)28-4)15-6-5-11-23-12-15/h5-13H,1-4H3,(H,24,27)(H,22,25,26). The molecule has 0 saturated carbocycles. The van der Waals surface area contributed by atoms with Gasteiger partial charge in [-0.25, -0.2) is 9.97 Å². The first-order chi connectivity index (χ1) is 13.5. The third-order valence-corrected chi connectivity index (χ3v) is 4.97. The summed E-state index contributed by atoms with van der Waals surface area (Å²) in [5, 5.41) is 6.58. The van der Waals surface area contributed by atoms with E-state index in [2.05, 4.69) is 39.4 Å². The molecule has 2 aromatic heterocycles. The minimum absolute atomic E-state index is 0.247. The molecule has 0 unspecified atom stereocenters. The van der Waals surface area contributed by atoms with Crippen LogP contribution in [-0.2, 0) is 0 Å². The van der Waals surface area contributed by atoms with Crippen LogP contribution in [0.1, 0.15) is 35.7 Å².